The normalized spacial score (nSPS) is 10.2. The minimum Gasteiger partial charge on any atom is -0.478 e. The van der Waals surface area contributed by atoms with Gasteiger partial charge in [-0.2, -0.15) is 0 Å². The first-order chi connectivity index (χ1) is 9.04. The summed E-state index contributed by atoms with van der Waals surface area (Å²) in [4.78, 5) is 22.2. The van der Waals surface area contributed by atoms with E-state index in [0.29, 0.717) is 18.9 Å². The van der Waals surface area contributed by atoms with E-state index in [1.807, 2.05) is 0 Å². The lowest BCUT2D eigenvalue weighted by molar-refractivity contribution is -0.121. The monoisotopic (exact) mass is 287 g/mol. The molecule has 104 valence electrons. The predicted octanol–water partition coefficient (Wildman–Crippen LogP) is 1.64. The molecule has 0 fully saturated rings. The zero-order chi connectivity index (χ0) is 14.3. The molecule has 0 aliphatic heterocycles. The largest absolute Gasteiger partial charge is 0.478 e. The Balaban J connectivity index is 2.52. The van der Waals surface area contributed by atoms with E-state index in [9.17, 15) is 9.59 Å². The second-order valence-corrected chi connectivity index (χ2v) is 4.00. The summed E-state index contributed by atoms with van der Waals surface area (Å²) in [5.41, 5.74) is 0.395. The number of methoxy groups -OCH3 is 1. The van der Waals surface area contributed by atoms with Gasteiger partial charge in [-0.15, -0.1) is 0 Å². The Morgan fingerprint density at radius 1 is 1.37 bits per heavy atom. The van der Waals surface area contributed by atoms with Crippen LogP contribution in [-0.2, 0) is 14.3 Å². The van der Waals surface area contributed by atoms with Gasteiger partial charge >= 0.3 is 5.97 Å². The molecule has 0 heterocycles. The number of anilines is 1. The minimum absolute atomic E-state index is 0.0549. The van der Waals surface area contributed by atoms with Gasteiger partial charge in [0.25, 0.3) is 0 Å². The number of halogens is 1. The van der Waals surface area contributed by atoms with Crippen molar-refractivity contribution >= 4 is 29.2 Å². The van der Waals surface area contributed by atoms with Gasteiger partial charge < -0.3 is 19.9 Å². The van der Waals surface area contributed by atoms with Gasteiger partial charge in [0.2, 0.25) is 5.91 Å². The molecule has 0 bridgehead atoms. The Kier molecular flexibility index (Phi) is 6.27. The summed E-state index contributed by atoms with van der Waals surface area (Å²) in [6, 6.07) is 4.06. The fourth-order valence-corrected chi connectivity index (χ4v) is 1.47. The van der Waals surface area contributed by atoms with Gasteiger partial charge in [0.1, 0.15) is 6.61 Å². The van der Waals surface area contributed by atoms with E-state index in [0.717, 1.165) is 0 Å². The van der Waals surface area contributed by atoms with Crippen molar-refractivity contribution in [2.24, 2.45) is 0 Å². The van der Waals surface area contributed by atoms with Gasteiger partial charge in [-0.3, -0.25) is 4.79 Å². The highest BCUT2D eigenvalue weighted by atomic mass is 35.5. The first kappa shape index (κ1) is 15.4. The molecule has 1 amide bonds. The molecule has 0 saturated carbocycles. The third-order valence-corrected chi connectivity index (χ3v) is 2.47. The second-order valence-electron chi connectivity index (χ2n) is 3.59. The maximum Gasteiger partial charge on any atom is 0.335 e. The van der Waals surface area contributed by atoms with Crippen molar-refractivity contribution < 1.29 is 24.2 Å². The van der Waals surface area contributed by atoms with Crippen molar-refractivity contribution in [1.82, 2.24) is 0 Å². The number of benzene rings is 1. The van der Waals surface area contributed by atoms with Crippen LogP contribution in [0.1, 0.15) is 10.4 Å². The summed E-state index contributed by atoms with van der Waals surface area (Å²) < 4.78 is 9.80. The molecule has 0 aromatic heterocycles. The molecule has 6 nitrogen and oxygen atoms in total. The summed E-state index contributed by atoms with van der Waals surface area (Å²) >= 11 is 5.86. The number of carbonyl (C=O) groups is 2. The Morgan fingerprint density at radius 3 is 2.68 bits per heavy atom. The summed E-state index contributed by atoms with van der Waals surface area (Å²) in [6.07, 6.45) is 0. The number of carboxylic acids is 1. The lowest BCUT2D eigenvalue weighted by Gasteiger charge is -2.08. The lowest BCUT2D eigenvalue weighted by atomic mass is 10.2. The highest BCUT2D eigenvalue weighted by Gasteiger charge is 2.09. The zero-order valence-electron chi connectivity index (χ0n) is 10.3. The summed E-state index contributed by atoms with van der Waals surface area (Å²) in [5, 5.41) is 11.5. The Labute approximate surface area is 115 Å². The molecular formula is C12H14ClNO5. The van der Waals surface area contributed by atoms with Gasteiger partial charge in [-0.1, -0.05) is 11.6 Å². The predicted molar refractivity (Wildman–Crippen MR) is 69.7 cm³/mol. The minimum atomic E-state index is -1.08. The maximum absolute atomic E-state index is 11.5. The molecule has 19 heavy (non-hydrogen) atoms. The van der Waals surface area contributed by atoms with Gasteiger partial charge in [0.05, 0.1) is 29.5 Å². The van der Waals surface area contributed by atoms with Gasteiger partial charge in [-0.05, 0) is 18.2 Å². The summed E-state index contributed by atoms with van der Waals surface area (Å²) in [5.74, 6) is -1.45. The van der Waals surface area contributed by atoms with Crippen molar-refractivity contribution in [1.29, 1.82) is 0 Å². The molecule has 1 rings (SSSR count). The summed E-state index contributed by atoms with van der Waals surface area (Å²) in [7, 11) is 1.53. The van der Waals surface area contributed by atoms with Gasteiger partial charge in [0.15, 0.2) is 0 Å². The Bertz CT molecular complexity index is 463. The Hall–Kier alpha value is -1.63. The van der Waals surface area contributed by atoms with E-state index in [-0.39, 0.29) is 23.1 Å². The summed E-state index contributed by atoms with van der Waals surface area (Å²) in [6.45, 7) is 0.595. The van der Waals surface area contributed by atoms with E-state index in [1.165, 1.54) is 25.3 Å². The molecule has 1 aromatic carbocycles. The van der Waals surface area contributed by atoms with Crippen LogP contribution in [0, 0.1) is 0 Å². The molecule has 0 aliphatic carbocycles. The van der Waals surface area contributed by atoms with Crippen LogP contribution in [0.15, 0.2) is 18.2 Å². The van der Waals surface area contributed by atoms with Crippen LogP contribution >= 0.6 is 11.6 Å². The van der Waals surface area contributed by atoms with Crippen molar-refractivity contribution in [3.63, 3.8) is 0 Å². The quantitative estimate of drug-likeness (QED) is 0.745. The van der Waals surface area contributed by atoms with Crippen LogP contribution < -0.4 is 5.32 Å². The van der Waals surface area contributed by atoms with Crippen molar-refractivity contribution in [3.8, 4) is 0 Å². The van der Waals surface area contributed by atoms with Crippen LogP contribution in [0.2, 0.25) is 5.02 Å². The third-order valence-electron chi connectivity index (χ3n) is 2.16. The topological polar surface area (TPSA) is 84.9 Å². The van der Waals surface area contributed by atoms with E-state index >= 15 is 0 Å². The third kappa shape index (κ3) is 5.25. The molecule has 7 heteroatoms. The van der Waals surface area contributed by atoms with Crippen LogP contribution in [0.3, 0.4) is 0 Å². The fourth-order valence-electron chi connectivity index (χ4n) is 1.24. The van der Waals surface area contributed by atoms with Crippen LogP contribution in [0.5, 0.6) is 0 Å². The number of amides is 1. The highest BCUT2D eigenvalue weighted by Crippen LogP contribution is 2.22. The lowest BCUT2D eigenvalue weighted by Crippen LogP contribution is -2.19. The smallest absolute Gasteiger partial charge is 0.335 e. The number of carboxylic acid groups (broad SMARTS) is 1. The first-order valence-corrected chi connectivity index (χ1v) is 5.81. The van der Waals surface area contributed by atoms with Crippen LogP contribution in [0.25, 0.3) is 0 Å². The van der Waals surface area contributed by atoms with E-state index in [4.69, 9.17) is 26.2 Å². The van der Waals surface area contributed by atoms with Crippen molar-refractivity contribution in [3.05, 3.63) is 28.8 Å². The molecule has 1 aromatic rings. The van der Waals surface area contributed by atoms with Crippen molar-refractivity contribution in [2.75, 3.05) is 32.2 Å². The zero-order valence-corrected chi connectivity index (χ0v) is 11.1. The maximum atomic E-state index is 11.5. The molecule has 0 radical (unpaired) electrons. The average Bonchev–Trinajstić information content (AvgIpc) is 2.37. The highest BCUT2D eigenvalue weighted by molar-refractivity contribution is 6.34. The second kappa shape index (κ2) is 7.73. The fraction of sp³-hybridized carbons (Fsp3) is 0.333. The number of carbonyl (C=O) groups excluding carboxylic acids is 1. The molecule has 0 saturated heterocycles. The standard InChI is InChI=1S/C12H14ClNO5/c1-18-4-5-19-7-11(15)14-10-3-2-8(12(16)17)6-9(10)13/h2-3,6H,4-5,7H2,1H3,(H,14,15)(H,16,17). The number of nitrogens with one attached hydrogen (secondary N) is 1. The van der Waals surface area contributed by atoms with Crippen LogP contribution in [-0.4, -0.2) is 43.9 Å². The van der Waals surface area contributed by atoms with E-state index < -0.39 is 5.97 Å². The molecule has 0 aliphatic rings. The molecule has 2 N–H and O–H groups in total. The molecule has 0 atom stereocenters. The first-order valence-electron chi connectivity index (χ1n) is 5.44. The number of aromatic carboxylic acids is 1. The average molecular weight is 288 g/mol. The van der Waals surface area contributed by atoms with Gasteiger partial charge in [-0.25, -0.2) is 4.79 Å². The molecule has 0 spiro atoms. The van der Waals surface area contributed by atoms with E-state index in [1.54, 1.807) is 0 Å². The SMILES string of the molecule is COCCOCC(=O)Nc1ccc(C(=O)O)cc1Cl. The van der Waals surface area contributed by atoms with Gasteiger partial charge in [0, 0.05) is 7.11 Å². The molecular weight excluding hydrogens is 274 g/mol. The number of hydrogen-bond donors (Lipinski definition) is 2. The Morgan fingerprint density at radius 2 is 2.11 bits per heavy atom. The van der Waals surface area contributed by atoms with Crippen molar-refractivity contribution in [2.45, 2.75) is 0 Å². The number of ether oxygens (including phenoxy) is 2. The number of hydrogen-bond acceptors (Lipinski definition) is 4. The number of rotatable bonds is 7. The molecule has 0 unspecified atom stereocenters. The van der Waals surface area contributed by atoms with E-state index in [2.05, 4.69) is 5.32 Å². The van der Waals surface area contributed by atoms with Crippen LogP contribution in [0.4, 0.5) is 5.69 Å².